The standard InChI is InChI=1S/C28H25N3O4/c1-34-24-12-3-2-11-23(24)26-27(35-22-10-5-7-19(16-22)17-29)28(33)31(26)18-20-8-4-9-21(15-20)30-14-6-13-25(30)32/h2-5,7-12,15-16,26-27H,6,13-14,18H2,1H3/t26-,27-/m1/s1. The Hall–Kier alpha value is -4.31. The van der Waals surface area contributed by atoms with Crippen LogP contribution in [0.25, 0.3) is 0 Å². The van der Waals surface area contributed by atoms with E-state index in [1.54, 1.807) is 41.2 Å². The number of hydrogen-bond donors (Lipinski definition) is 0. The number of para-hydroxylation sites is 1. The molecule has 2 aliphatic rings. The predicted octanol–water partition coefficient (Wildman–Crippen LogP) is 4.22. The molecule has 5 rings (SSSR count). The van der Waals surface area contributed by atoms with Crippen LogP contribution in [0.2, 0.25) is 0 Å². The van der Waals surface area contributed by atoms with Crippen LogP contribution in [-0.4, -0.2) is 36.5 Å². The summed E-state index contributed by atoms with van der Waals surface area (Å²) in [5, 5.41) is 9.22. The van der Waals surface area contributed by atoms with Crippen molar-refractivity contribution < 1.29 is 19.1 Å². The molecular formula is C28H25N3O4. The molecule has 3 aromatic rings. The molecule has 2 saturated heterocycles. The number of benzene rings is 3. The third-order valence-electron chi connectivity index (χ3n) is 6.48. The van der Waals surface area contributed by atoms with Crippen molar-refractivity contribution in [3.8, 4) is 17.6 Å². The minimum Gasteiger partial charge on any atom is -0.496 e. The highest BCUT2D eigenvalue weighted by Gasteiger charge is 2.51. The lowest BCUT2D eigenvalue weighted by Crippen LogP contribution is -2.60. The van der Waals surface area contributed by atoms with E-state index in [1.807, 2.05) is 48.5 Å². The number of anilines is 1. The lowest BCUT2D eigenvalue weighted by atomic mass is 9.89. The zero-order chi connectivity index (χ0) is 24.4. The molecule has 2 aliphatic heterocycles. The summed E-state index contributed by atoms with van der Waals surface area (Å²) in [7, 11) is 1.60. The van der Waals surface area contributed by atoms with Gasteiger partial charge < -0.3 is 19.3 Å². The fraction of sp³-hybridized carbons (Fsp3) is 0.250. The maximum absolute atomic E-state index is 13.3. The fourth-order valence-electron chi connectivity index (χ4n) is 4.78. The maximum Gasteiger partial charge on any atom is 0.267 e. The van der Waals surface area contributed by atoms with Crippen molar-refractivity contribution in [2.24, 2.45) is 0 Å². The van der Waals surface area contributed by atoms with Gasteiger partial charge in [-0.2, -0.15) is 5.26 Å². The van der Waals surface area contributed by atoms with E-state index in [2.05, 4.69) is 6.07 Å². The first-order chi connectivity index (χ1) is 17.1. The number of β-lactam (4-membered cyclic amide) rings is 1. The third-order valence-corrected chi connectivity index (χ3v) is 6.48. The van der Waals surface area contributed by atoms with Crippen LogP contribution in [0.3, 0.4) is 0 Å². The Morgan fingerprint density at radius 1 is 1.03 bits per heavy atom. The summed E-state index contributed by atoms with van der Waals surface area (Å²) in [4.78, 5) is 29.1. The summed E-state index contributed by atoms with van der Waals surface area (Å²) in [6.07, 6.45) is 0.676. The van der Waals surface area contributed by atoms with Gasteiger partial charge in [-0.3, -0.25) is 9.59 Å². The molecule has 2 amide bonds. The van der Waals surface area contributed by atoms with Crippen LogP contribution in [0.4, 0.5) is 5.69 Å². The molecular weight excluding hydrogens is 442 g/mol. The summed E-state index contributed by atoms with van der Waals surface area (Å²) in [5.41, 5.74) is 3.10. The van der Waals surface area contributed by atoms with Crippen molar-refractivity contribution in [2.75, 3.05) is 18.6 Å². The molecule has 0 spiro atoms. The van der Waals surface area contributed by atoms with Crippen LogP contribution >= 0.6 is 0 Å². The number of likely N-dealkylation sites (tertiary alicyclic amines) is 1. The molecule has 0 aliphatic carbocycles. The molecule has 0 unspecified atom stereocenters. The quantitative estimate of drug-likeness (QED) is 0.486. The molecule has 0 aromatic heterocycles. The second kappa shape index (κ2) is 9.51. The minimum atomic E-state index is -0.747. The van der Waals surface area contributed by atoms with Gasteiger partial charge in [0.05, 0.1) is 18.7 Å². The first-order valence-corrected chi connectivity index (χ1v) is 11.6. The van der Waals surface area contributed by atoms with Crippen molar-refractivity contribution >= 4 is 17.5 Å². The first kappa shape index (κ1) is 22.5. The van der Waals surface area contributed by atoms with E-state index in [1.165, 1.54) is 0 Å². The molecule has 2 fully saturated rings. The normalized spacial score (nSPS) is 19.3. The van der Waals surface area contributed by atoms with Gasteiger partial charge in [0.1, 0.15) is 17.5 Å². The van der Waals surface area contributed by atoms with E-state index in [4.69, 9.17) is 9.47 Å². The van der Waals surface area contributed by atoms with Gasteiger partial charge in [0.2, 0.25) is 12.0 Å². The van der Waals surface area contributed by atoms with Gasteiger partial charge in [-0.25, -0.2) is 0 Å². The molecule has 0 bridgehead atoms. The number of amides is 2. The van der Waals surface area contributed by atoms with E-state index in [0.717, 1.165) is 23.2 Å². The average Bonchev–Trinajstić information content (AvgIpc) is 3.33. The number of rotatable bonds is 7. The molecule has 2 heterocycles. The Balaban J connectivity index is 1.44. The van der Waals surface area contributed by atoms with E-state index in [0.29, 0.717) is 36.6 Å². The highest BCUT2D eigenvalue weighted by atomic mass is 16.5. The van der Waals surface area contributed by atoms with Crippen molar-refractivity contribution in [1.82, 2.24) is 4.90 Å². The second-order valence-electron chi connectivity index (χ2n) is 8.65. The smallest absolute Gasteiger partial charge is 0.267 e. The molecule has 176 valence electrons. The third kappa shape index (κ3) is 4.31. The summed E-state index contributed by atoms with van der Waals surface area (Å²) in [6.45, 7) is 1.09. The van der Waals surface area contributed by atoms with E-state index in [-0.39, 0.29) is 17.9 Å². The van der Waals surface area contributed by atoms with Crippen molar-refractivity contribution in [1.29, 1.82) is 5.26 Å². The Morgan fingerprint density at radius 3 is 2.63 bits per heavy atom. The molecule has 0 saturated carbocycles. The number of methoxy groups -OCH3 is 1. The first-order valence-electron chi connectivity index (χ1n) is 11.6. The monoisotopic (exact) mass is 467 g/mol. The van der Waals surface area contributed by atoms with Crippen LogP contribution in [0.15, 0.2) is 72.8 Å². The highest BCUT2D eigenvalue weighted by molar-refractivity contribution is 5.95. The molecule has 0 radical (unpaired) electrons. The molecule has 7 heteroatoms. The lowest BCUT2D eigenvalue weighted by molar-refractivity contribution is -0.165. The summed E-state index contributed by atoms with van der Waals surface area (Å²) < 4.78 is 11.7. The van der Waals surface area contributed by atoms with Gasteiger partial charge in [0, 0.05) is 30.8 Å². The molecule has 0 N–H and O–H groups in total. The van der Waals surface area contributed by atoms with Gasteiger partial charge >= 0.3 is 0 Å². The van der Waals surface area contributed by atoms with Crippen molar-refractivity contribution in [3.63, 3.8) is 0 Å². The van der Waals surface area contributed by atoms with Crippen LogP contribution < -0.4 is 14.4 Å². The fourth-order valence-corrected chi connectivity index (χ4v) is 4.78. The average molecular weight is 468 g/mol. The molecule has 35 heavy (non-hydrogen) atoms. The maximum atomic E-state index is 13.3. The Kier molecular flexibility index (Phi) is 6.11. The van der Waals surface area contributed by atoms with Crippen LogP contribution in [0, 0.1) is 11.3 Å². The molecule has 3 aromatic carbocycles. The van der Waals surface area contributed by atoms with Gasteiger partial charge in [-0.15, -0.1) is 0 Å². The van der Waals surface area contributed by atoms with E-state index >= 15 is 0 Å². The van der Waals surface area contributed by atoms with Gasteiger partial charge in [-0.05, 0) is 48.4 Å². The zero-order valence-corrected chi connectivity index (χ0v) is 19.4. The number of carbonyl (C=O) groups excluding carboxylic acids is 2. The number of nitrogens with zero attached hydrogens (tertiary/aromatic N) is 3. The van der Waals surface area contributed by atoms with Crippen LogP contribution in [0.1, 0.15) is 35.6 Å². The second-order valence-corrected chi connectivity index (χ2v) is 8.65. The number of carbonyl (C=O) groups is 2. The van der Waals surface area contributed by atoms with Gasteiger partial charge in [-0.1, -0.05) is 36.4 Å². The number of nitriles is 1. The Labute approximate surface area is 204 Å². The largest absolute Gasteiger partial charge is 0.496 e. The summed E-state index contributed by atoms with van der Waals surface area (Å²) in [6, 6.07) is 23.9. The van der Waals surface area contributed by atoms with Crippen molar-refractivity contribution in [2.45, 2.75) is 31.5 Å². The summed E-state index contributed by atoms with van der Waals surface area (Å²) in [5.74, 6) is 1.12. The highest BCUT2D eigenvalue weighted by Crippen LogP contribution is 2.42. The van der Waals surface area contributed by atoms with Gasteiger partial charge in [0.15, 0.2) is 0 Å². The number of ether oxygens (including phenoxy) is 2. The summed E-state index contributed by atoms with van der Waals surface area (Å²) >= 11 is 0. The predicted molar refractivity (Wildman–Crippen MR) is 130 cm³/mol. The van der Waals surface area contributed by atoms with Gasteiger partial charge in [0.25, 0.3) is 5.91 Å². The zero-order valence-electron chi connectivity index (χ0n) is 19.4. The SMILES string of the molecule is COc1ccccc1[C@@H]1[C@@H](Oc2cccc(C#N)c2)C(=O)N1Cc1cccc(N2CCCC2=O)c1. The Bertz CT molecular complexity index is 1320. The molecule has 7 nitrogen and oxygen atoms in total. The van der Waals surface area contributed by atoms with E-state index < -0.39 is 6.10 Å². The lowest BCUT2D eigenvalue weighted by Gasteiger charge is -2.47. The van der Waals surface area contributed by atoms with Crippen LogP contribution in [0.5, 0.6) is 11.5 Å². The minimum absolute atomic E-state index is 0.127. The van der Waals surface area contributed by atoms with Crippen molar-refractivity contribution in [3.05, 3.63) is 89.5 Å². The number of hydrogen-bond acceptors (Lipinski definition) is 5. The van der Waals surface area contributed by atoms with E-state index in [9.17, 15) is 14.9 Å². The molecule has 2 atom stereocenters. The topological polar surface area (TPSA) is 82.9 Å². The Morgan fingerprint density at radius 2 is 1.86 bits per heavy atom. The van der Waals surface area contributed by atoms with Crippen LogP contribution in [-0.2, 0) is 16.1 Å².